The standard InChI is InChI=1S/C13H22N2O3S/c1-15(7-11(16)8-17-2)6-10-9-19-13(14-10)12-4-3-5-18-12/h9,11-12,16H,3-8H2,1-2H3. The van der Waals surface area contributed by atoms with Gasteiger partial charge in [0.05, 0.1) is 18.4 Å². The molecule has 1 N–H and O–H groups in total. The molecule has 108 valence electrons. The Bertz CT molecular complexity index is 380. The second-order valence-electron chi connectivity index (χ2n) is 4.98. The highest BCUT2D eigenvalue weighted by Gasteiger charge is 2.21. The number of aliphatic hydroxyl groups is 1. The summed E-state index contributed by atoms with van der Waals surface area (Å²) in [6.45, 7) is 2.54. The summed E-state index contributed by atoms with van der Waals surface area (Å²) in [5.74, 6) is 0. The van der Waals surface area contributed by atoms with Crippen LogP contribution in [0.25, 0.3) is 0 Å². The molecule has 2 rings (SSSR count). The maximum Gasteiger partial charge on any atom is 0.122 e. The molecule has 2 unspecified atom stereocenters. The normalized spacial score (nSPS) is 21.2. The van der Waals surface area contributed by atoms with Crippen molar-refractivity contribution in [3.8, 4) is 0 Å². The first-order valence-electron chi connectivity index (χ1n) is 6.60. The van der Waals surface area contributed by atoms with E-state index in [-0.39, 0.29) is 6.10 Å². The molecule has 0 radical (unpaired) electrons. The van der Waals surface area contributed by atoms with Gasteiger partial charge in [-0.1, -0.05) is 0 Å². The molecule has 19 heavy (non-hydrogen) atoms. The lowest BCUT2D eigenvalue weighted by Crippen LogP contribution is -2.31. The van der Waals surface area contributed by atoms with Crippen LogP contribution in [0.2, 0.25) is 0 Å². The third-order valence-corrected chi connectivity index (χ3v) is 4.07. The number of hydrogen-bond donors (Lipinski definition) is 1. The van der Waals surface area contributed by atoms with Gasteiger partial charge in [0, 0.05) is 32.2 Å². The average Bonchev–Trinajstić information content (AvgIpc) is 2.98. The minimum absolute atomic E-state index is 0.197. The SMILES string of the molecule is COCC(O)CN(C)Cc1csc(C2CCCO2)n1. The van der Waals surface area contributed by atoms with Crippen molar-refractivity contribution in [1.82, 2.24) is 9.88 Å². The van der Waals surface area contributed by atoms with Crippen molar-refractivity contribution in [3.63, 3.8) is 0 Å². The van der Waals surface area contributed by atoms with E-state index in [4.69, 9.17) is 9.47 Å². The molecule has 0 aliphatic carbocycles. The third-order valence-electron chi connectivity index (χ3n) is 3.09. The zero-order valence-electron chi connectivity index (χ0n) is 11.5. The third kappa shape index (κ3) is 4.50. The summed E-state index contributed by atoms with van der Waals surface area (Å²) in [7, 11) is 3.57. The van der Waals surface area contributed by atoms with E-state index in [9.17, 15) is 5.11 Å². The van der Waals surface area contributed by atoms with Crippen molar-refractivity contribution >= 4 is 11.3 Å². The average molecular weight is 286 g/mol. The Morgan fingerprint density at radius 1 is 1.68 bits per heavy atom. The van der Waals surface area contributed by atoms with Crippen LogP contribution >= 0.6 is 11.3 Å². The summed E-state index contributed by atoms with van der Waals surface area (Å²) in [5, 5.41) is 12.8. The van der Waals surface area contributed by atoms with E-state index in [1.165, 1.54) is 0 Å². The molecule has 0 amide bonds. The van der Waals surface area contributed by atoms with Crippen LogP contribution in [-0.2, 0) is 16.0 Å². The number of nitrogens with zero attached hydrogens (tertiary/aromatic N) is 2. The first-order valence-corrected chi connectivity index (χ1v) is 7.48. The topological polar surface area (TPSA) is 54.8 Å². The molecule has 5 nitrogen and oxygen atoms in total. The maximum absolute atomic E-state index is 9.67. The monoisotopic (exact) mass is 286 g/mol. The molecule has 0 aromatic carbocycles. The number of likely N-dealkylation sites (N-methyl/N-ethyl adjacent to an activating group) is 1. The van der Waals surface area contributed by atoms with Gasteiger partial charge in [0.25, 0.3) is 0 Å². The highest BCUT2D eigenvalue weighted by Crippen LogP contribution is 2.30. The van der Waals surface area contributed by atoms with E-state index in [2.05, 4.69) is 15.3 Å². The fourth-order valence-electron chi connectivity index (χ4n) is 2.26. The predicted molar refractivity (Wildman–Crippen MR) is 74.3 cm³/mol. The molecule has 1 fully saturated rings. The number of thiazole rings is 1. The van der Waals surface area contributed by atoms with Gasteiger partial charge in [0.1, 0.15) is 11.1 Å². The van der Waals surface area contributed by atoms with Gasteiger partial charge in [0.2, 0.25) is 0 Å². The van der Waals surface area contributed by atoms with Gasteiger partial charge < -0.3 is 14.6 Å². The molecule has 0 spiro atoms. The van der Waals surface area contributed by atoms with E-state index >= 15 is 0 Å². The van der Waals surface area contributed by atoms with Crippen molar-refractivity contribution in [2.24, 2.45) is 0 Å². The Morgan fingerprint density at radius 3 is 3.21 bits per heavy atom. The number of methoxy groups -OCH3 is 1. The van der Waals surface area contributed by atoms with Crippen LogP contribution < -0.4 is 0 Å². The van der Waals surface area contributed by atoms with E-state index in [1.54, 1.807) is 18.4 Å². The Hall–Kier alpha value is -0.530. The highest BCUT2D eigenvalue weighted by molar-refractivity contribution is 7.09. The van der Waals surface area contributed by atoms with Crippen LogP contribution in [-0.4, -0.2) is 55.0 Å². The number of rotatable bonds is 7. The summed E-state index contributed by atoms with van der Waals surface area (Å²) in [6, 6.07) is 0. The Labute approximate surface area is 118 Å². The number of ether oxygens (including phenoxy) is 2. The molecule has 6 heteroatoms. The van der Waals surface area contributed by atoms with Crippen molar-refractivity contribution in [3.05, 3.63) is 16.1 Å². The van der Waals surface area contributed by atoms with Gasteiger partial charge in [-0.3, -0.25) is 4.90 Å². The maximum atomic E-state index is 9.67. The van der Waals surface area contributed by atoms with Gasteiger partial charge in [0.15, 0.2) is 0 Å². The molecule has 1 aliphatic rings. The highest BCUT2D eigenvalue weighted by atomic mass is 32.1. The molecule has 0 bridgehead atoms. The minimum atomic E-state index is -0.453. The van der Waals surface area contributed by atoms with E-state index < -0.39 is 6.10 Å². The smallest absolute Gasteiger partial charge is 0.122 e. The van der Waals surface area contributed by atoms with Gasteiger partial charge >= 0.3 is 0 Å². The van der Waals surface area contributed by atoms with Crippen molar-refractivity contribution in [1.29, 1.82) is 0 Å². The van der Waals surface area contributed by atoms with Crippen LogP contribution in [0, 0.1) is 0 Å². The number of hydrogen-bond acceptors (Lipinski definition) is 6. The number of aromatic nitrogens is 1. The van der Waals surface area contributed by atoms with Gasteiger partial charge in [-0.05, 0) is 19.9 Å². The fourth-order valence-corrected chi connectivity index (χ4v) is 3.15. The van der Waals surface area contributed by atoms with Crippen LogP contribution in [0.5, 0.6) is 0 Å². The van der Waals surface area contributed by atoms with Crippen LogP contribution in [0.4, 0.5) is 0 Å². The molecule has 2 heterocycles. The predicted octanol–water partition coefficient (Wildman–Crippen LogP) is 1.43. The van der Waals surface area contributed by atoms with Crippen molar-refractivity contribution in [2.75, 3.05) is 33.9 Å². The zero-order chi connectivity index (χ0) is 13.7. The quantitative estimate of drug-likeness (QED) is 0.822. The fraction of sp³-hybridized carbons (Fsp3) is 0.769. The first kappa shape index (κ1) is 14.9. The van der Waals surface area contributed by atoms with Gasteiger partial charge in [-0.2, -0.15) is 0 Å². The van der Waals surface area contributed by atoms with E-state index in [0.717, 1.165) is 36.7 Å². The Balaban J connectivity index is 1.81. The van der Waals surface area contributed by atoms with E-state index in [1.807, 2.05) is 7.05 Å². The van der Waals surface area contributed by atoms with Gasteiger partial charge in [-0.25, -0.2) is 4.98 Å². The lowest BCUT2D eigenvalue weighted by Gasteiger charge is -2.19. The minimum Gasteiger partial charge on any atom is -0.389 e. The van der Waals surface area contributed by atoms with E-state index in [0.29, 0.717) is 13.2 Å². The Kier molecular flexibility index (Phi) is 5.72. The lowest BCUT2D eigenvalue weighted by atomic mass is 10.2. The molecule has 1 aromatic heterocycles. The van der Waals surface area contributed by atoms with Crippen molar-refractivity contribution in [2.45, 2.75) is 31.6 Å². The number of aliphatic hydroxyl groups excluding tert-OH is 1. The zero-order valence-corrected chi connectivity index (χ0v) is 12.4. The Morgan fingerprint density at radius 2 is 2.53 bits per heavy atom. The second-order valence-corrected chi connectivity index (χ2v) is 5.87. The van der Waals surface area contributed by atoms with Crippen LogP contribution in [0.15, 0.2) is 5.38 Å². The summed E-state index contributed by atoms with van der Waals surface area (Å²) < 4.78 is 10.6. The molecular weight excluding hydrogens is 264 g/mol. The summed E-state index contributed by atoms with van der Waals surface area (Å²) in [5.41, 5.74) is 1.04. The molecular formula is C13H22N2O3S. The van der Waals surface area contributed by atoms with Crippen molar-refractivity contribution < 1.29 is 14.6 Å². The lowest BCUT2D eigenvalue weighted by molar-refractivity contribution is 0.0416. The summed E-state index contributed by atoms with van der Waals surface area (Å²) in [6.07, 6.45) is 1.95. The summed E-state index contributed by atoms with van der Waals surface area (Å²) in [4.78, 5) is 6.68. The van der Waals surface area contributed by atoms with Gasteiger partial charge in [-0.15, -0.1) is 11.3 Å². The molecule has 1 aliphatic heterocycles. The molecule has 2 atom stereocenters. The molecule has 1 saturated heterocycles. The molecule has 0 saturated carbocycles. The largest absolute Gasteiger partial charge is 0.389 e. The molecule has 1 aromatic rings. The van der Waals surface area contributed by atoms with Crippen LogP contribution in [0.3, 0.4) is 0 Å². The first-order chi connectivity index (χ1) is 9.19. The van der Waals surface area contributed by atoms with Crippen LogP contribution in [0.1, 0.15) is 29.6 Å². The second kappa shape index (κ2) is 7.31. The summed E-state index contributed by atoms with van der Waals surface area (Å²) >= 11 is 1.67.